The molecule has 0 aliphatic carbocycles. The average molecular weight is 525 g/mol. The predicted molar refractivity (Wildman–Crippen MR) is 134 cm³/mol. The van der Waals surface area contributed by atoms with Crippen LogP contribution in [0.3, 0.4) is 0 Å². The lowest BCUT2D eigenvalue weighted by atomic mass is 10.1. The fraction of sp³-hybridized carbons (Fsp3) is 0.435. The van der Waals surface area contributed by atoms with Crippen molar-refractivity contribution in [2.24, 2.45) is 4.99 Å². The molecule has 2 N–H and O–H groups in total. The van der Waals surface area contributed by atoms with Gasteiger partial charge < -0.3 is 20.4 Å². The smallest absolute Gasteiger partial charge is 0.191 e. The summed E-state index contributed by atoms with van der Waals surface area (Å²) in [7, 11) is 1.74. The number of nitrogens with one attached hydrogen (secondary N) is 2. The Kier molecular flexibility index (Phi) is 9.84. The first-order chi connectivity index (χ1) is 14.1. The van der Waals surface area contributed by atoms with Gasteiger partial charge in [0.2, 0.25) is 0 Å². The van der Waals surface area contributed by atoms with Crippen LogP contribution in [0, 0.1) is 5.82 Å². The van der Waals surface area contributed by atoms with Crippen LogP contribution in [-0.4, -0.2) is 50.6 Å². The van der Waals surface area contributed by atoms with Gasteiger partial charge in [-0.15, -0.1) is 24.0 Å². The standard InChI is InChI=1S/C23H32FN5.HI/c1-4-28-12-14-29(15-13-28)22-11-10-19(16-21(22)24)17-26-23(25-3)27-18(2)20-8-6-5-7-9-20;/h5-11,16,18H,4,12-15,17H2,1-3H3,(H2,25,26,27);1H. The van der Waals surface area contributed by atoms with Crippen molar-refractivity contribution in [1.82, 2.24) is 15.5 Å². The lowest BCUT2D eigenvalue weighted by Gasteiger charge is -2.35. The average Bonchev–Trinajstić information content (AvgIpc) is 2.77. The molecule has 7 heteroatoms. The van der Waals surface area contributed by atoms with Crippen molar-refractivity contribution < 1.29 is 4.39 Å². The fourth-order valence-electron chi connectivity index (χ4n) is 3.63. The van der Waals surface area contributed by atoms with Gasteiger partial charge >= 0.3 is 0 Å². The maximum Gasteiger partial charge on any atom is 0.191 e. The highest BCUT2D eigenvalue weighted by Crippen LogP contribution is 2.22. The maximum atomic E-state index is 14.7. The molecular weight excluding hydrogens is 492 g/mol. The second kappa shape index (κ2) is 12.1. The summed E-state index contributed by atoms with van der Waals surface area (Å²) < 4.78 is 14.7. The third-order valence-electron chi connectivity index (χ3n) is 5.51. The first-order valence-corrected chi connectivity index (χ1v) is 10.4. The van der Waals surface area contributed by atoms with Crippen LogP contribution in [0.5, 0.6) is 0 Å². The molecule has 2 aromatic carbocycles. The highest BCUT2D eigenvalue weighted by atomic mass is 127. The number of aliphatic imine (C=N–C) groups is 1. The van der Waals surface area contributed by atoms with Crippen LogP contribution < -0.4 is 15.5 Å². The van der Waals surface area contributed by atoms with E-state index in [1.165, 1.54) is 5.56 Å². The molecule has 0 amide bonds. The number of guanidine groups is 1. The third-order valence-corrected chi connectivity index (χ3v) is 5.51. The highest BCUT2D eigenvalue weighted by molar-refractivity contribution is 14.0. The minimum atomic E-state index is -0.158. The first-order valence-electron chi connectivity index (χ1n) is 10.4. The van der Waals surface area contributed by atoms with E-state index in [0.29, 0.717) is 18.2 Å². The Morgan fingerprint density at radius 2 is 1.80 bits per heavy atom. The normalized spacial score (nSPS) is 16.0. The Bertz CT molecular complexity index is 806. The molecule has 0 spiro atoms. The van der Waals surface area contributed by atoms with Crippen LogP contribution in [0.4, 0.5) is 10.1 Å². The van der Waals surface area contributed by atoms with Gasteiger partial charge in [0.15, 0.2) is 5.96 Å². The van der Waals surface area contributed by atoms with E-state index in [4.69, 9.17) is 0 Å². The molecule has 5 nitrogen and oxygen atoms in total. The summed E-state index contributed by atoms with van der Waals surface area (Å²) in [4.78, 5) is 8.82. The second-order valence-corrected chi connectivity index (χ2v) is 7.41. The van der Waals surface area contributed by atoms with E-state index in [0.717, 1.165) is 38.3 Å². The Hall–Kier alpha value is -1.87. The molecule has 1 aliphatic heterocycles. The van der Waals surface area contributed by atoms with Gasteiger partial charge in [-0.05, 0) is 36.7 Å². The van der Waals surface area contributed by atoms with E-state index in [2.05, 4.69) is 51.4 Å². The van der Waals surface area contributed by atoms with Gasteiger partial charge in [-0.3, -0.25) is 4.99 Å². The molecule has 1 atom stereocenters. The van der Waals surface area contributed by atoms with Crippen molar-refractivity contribution in [2.75, 3.05) is 44.7 Å². The summed E-state index contributed by atoms with van der Waals surface area (Å²) in [5.41, 5.74) is 2.78. The lowest BCUT2D eigenvalue weighted by molar-refractivity contribution is 0.270. The number of piperazine rings is 1. The molecule has 1 heterocycles. The summed E-state index contributed by atoms with van der Waals surface area (Å²) in [6.45, 7) is 9.55. The van der Waals surface area contributed by atoms with E-state index in [9.17, 15) is 4.39 Å². The zero-order valence-corrected chi connectivity index (χ0v) is 20.4. The molecule has 1 saturated heterocycles. The van der Waals surface area contributed by atoms with Crippen molar-refractivity contribution >= 4 is 35.6 Å². The summed E-state index contributed by atoms with van der Waals surface area (Å²) in [5, 5.41) is 6.65. The molecule has 0 bridgehead atoms. The minimum Gasteiger partial charge on any atom is -0.367 e. The van der Waals surface area contributed by atoms with Crippen LogP contribution in [0.2, 0.25) is 0 Å². The summed E-state index contributed by atoms with van der Waals surface area (Å²) in [6.07, 6.45) is 0. The topological polar surface area (TPSA) is 42.9 Å². The Morgan fingerprint density at radius 3 is 2.40 bits per heavy atom. The van der Waals surface area contributed by atoms with Crippen LogP contribution in [-0.2, 0) is 6.54 Å². The van der Waals surface area contributed by atoms with Crippen LogP contribution in [0.15, 0.2) is 53.5 Å². The number of hydrogen-bond acceptors (Lipinski definition) is 3. The zero-order chi connectivity index (χ0) is 20.6. The second-order valence-electron chi connectivity index (χ2n) is 7.41. The van der Waals surface area contributed by atoms with E-state index in [1.807, 2.05) is 30.3 Å². The fourth-order valence-corrected chi connectivity index (χ4v) is 3.63. The van der Waals surface area contributed by atoms with Crippen LogP contribution >= 0.6 is 24.0 Å². The van der Waals surface area contributed by atoms with Gasteiger partial charge in [0, 0.05) is 39.8 Å². The summed E-state index contributed by atoms with van der Waals surface area (Å²) >= 11 is 0. The van der Waals surface area contributed by atoms with Crippen molar-refractivity contribution in [3.63, 3.8) is 0 Å². The number of hydrogen-bond donors (Lipinski definition) is 2. The molecule has 2 aromatic rings. The van der Waals surface area contributed by atoms with Gasteiger partial charge in [-0.1, -0.05) is 43.3 Å². The lowest BCUT2D eigenvalue weighted by Crippen LogP contribution is -2.46. The van der Waals surface area contributed by atoms with Gasteiger partial charge in [0.05, 0.1) is 11.7 Å². The Morgan fingerprint density at radius 1 is 1.10 bits per heavy atom. The van der Waals surface area contributed by atoms with Gasteiger partial charge in [-0.2, -0.15) is 0 Å². The molecule has 1 fully saturated rings. The number of benzene rings is 2. The van der Waals surface area contributed by atoms with E-state index < -0.39 is 0 Å². The predicted octanol–water partition coefficient (Wildman–Crippen LogP) is 4.01. The van der Waals surface area contributed by atoms with Crippen molar-refractivity contribution in [3.05, 3.63) is 65.5 Å². The van der Waals surface area contributed by atoms with Gasteiger partial charge in [-0.25, -0.2) is 4.39 Å². The van der Waals surface area contributed by atoms with E-state index in [-0.39, 0.29) is 35.8 Å². The third kappa shape index (κ3) is 6.57. The van der Waals surface area contributed by atoms with Crippen LogP contribution in [0.25, 0.3) is 0 Å². The molecule has 30 heavy (non-hydrogen) atoms. The monoisotopic (exact) mass is 525 g/mol. The van der Waals surface area contributed by atoms with E-state index in [1.54, 1.807) is 13.1 Å². The number of nitrogens with zero attached hydrogens (tertiary/aromatic N) is 3. The number of anilines is 1. The molecule has 1 aliphatic rings. The minimum absolute atomic E-state index is 0. The Labute approximate surface area is 196 Å². The molecule has 0 saturated carbocycles. The largest absolute Gasteiger partial charge is 0.367 e. The Balaban J connectivity index is 0.00000320. The van der Waals surface area contributed by atoms with Crippen molar-refractivity contribution in [2.45, 2.75) is 26.4 Å². The van der Waals surface area contributed by atoms with Crippen molar-refractivity contribution in [3.8, 4) is 0 Å². The molecule has 164 valence electrons. The molecule has 0 radical (unpaired) electrons. The summed E-state index contributed by atoms with van der Waals surface area (Å²) in [6, 6.07) is 15.9. The number of rotatable bonds is 6. The SMILES string of the molecule is CCN1CCN(c2ccc(CNC(=NC)NC(C)c3ccccc3)cc2F)CC1.I. The van der Waals surface area contributed by atoms with Gasteiger partial charge in [0.1, 0.15) is 5.82 Å². The first kappa shape index (κ1) is 24.4. The molecule has 1 unspecified atom stereocenters. The van der Waals surface area contributed by atoms with Crippen molar-refractivity contribution in [1.29, 1.82) is 0 Å². The van der Waals surface area contributed by atoms with Gasteiger partial charge in [0.25, 0.3) is 0 Å². The summed E-state index contributed by atoms with van der Waals surface area (Å²) in [5.74, 6) is 0.538. The molecule has 3 rings (SSSR count). The van der Waals surface area contributed by atoms with Crippen LogP contribution in [0.1, 0.15) is 31.0 Å². The number of halogens is 2. The maximum absolute atomic E-state index is 14.7. The number of likely N-dealkylation sites (N-methyl/N-ethyl adjacent to an activating group) is 1. The zero-order valence-electron chi connectivity index (χ0n) is 18.1. The van der Waals surface area contributed by atoms with E-state index >= 15 is 0 Å². The molecule has 0 aromatic heterocycles. The highest BCUT2D eigenvalue weighted by Gasteiger charge is 2.18. The molecular formula is C23H33FIN5. The quantitative estimate of drug-likeness (QED) is 0.340.